The highest BCUT2D eigenvalue weighted by molar-refractivity contribution is 8.33. The molecule has 0 aromatic carbocycles. The van der Waals surface area contributed by atoms with E-state index in [1.165, 1.54) is 30.7 Å². The molecule has 1 aromatic heterocycles. The lowest BCUT2D eigenvalue weighted by molar-refractivity contribution is 0.450. The van der Waals surface area contributed by atoms with Gasteiger partial charge in [-0.25, -0.2) is 10.0 Å². The summed E-state index contributed by atoms with van der Waals surface area (Å²) < 4.78 is 0. The van der Waals surface area contributed by atoms with Gasteiger partial charge in [-0.05, 0) is 54.6 Å². The predicted molar refractivity (Wildman–Crippen MR) is 64.0 cm³/mol. The van der Waals surface area contributed by atoms with Gasteiger partial charge in [0.1, 0.15) is 0 Å². The van der Waals surface area contributed by atoms with Gasteiger partial charge in [0.25, 0.3) is 0 Å². The Labute approximate surface area is 87.6 Å². The molecule has 0 aliphatic carbocycles. The minimum Gasteiger partial charge on any atom is -0.364 e. The Morgan fingerprint density at radius 3 is 2.50 bits per heavy atom. The number of H-pyrrole nitrogens is 1. The van der Waals surface area contributed by atoms with Crippen LogP contribution in [0.15, 0.2) is 18.3 Å². The van der Waals surface area contributed by atoms with Gasteiger partial charge in [-0.2, -0.15) is 0 Å². The van der Waals surface area contributed by atoms with E-state index in [9.17, 15) is 0 Å². The quantitative estimate of drug-likeness (QED) is 0.770. The Morgan fingerprint density at radius 1 is 1.21 bits per heavy atom. The summed E-state index contributed by atoms with van der Waals surface area (Å²) in [5.74, 6) is 7.18. The van der Waals surface area contributed by atoms with Crippen LogP contribution in [0.3, 0.4) is 0 Å². The van der Waals surface area contributed by atoms with Crippen LogP contribution in [0.25, 0.3) is 0 Å². The van der Waals surface area contributed by atoms with Gasteiger partial charge in [-0.1, -0.05) is 0 Å². The molecule has 4 heterocycles. The first-order chi connectivity index (χ1) is 6.86. The summed E-state index contributed by atoms with van der Waals surface area (Å²) in [5.41, 5.74) is 1.49. The van der Waals surface area contributed by atoms with Gasteiger partial charge in [0.05, 0.1) is 0 Å². The molecule has 3 saturated heterocycles. The third-order valence-electron chi connectivity index (χ3n) is 4.00. The number of aromatic amines is 1. The zero-order chi connectivity index (χ0) is 9.43. The molecule has 0 amide bonds. The zero-order valence-electron chi connectivity index (χ0n) is 8.67. The highest BCUT2D eigenvalue weighted by Gasteiger charge is 2.36. The van der Waals surface area contributed by atoms with Crippen molar-refractivity contribution in [3.63, 3.8) is 0 Å². The molecule has 2 heteroatoms. The average Bonchev–Trinajstić information content (AvgIpc) is 2.72. The maximum absolute atomic E-state index is 3.38. The molecule has 78 valence electrons. The normalized spacial score (nSPS) is 40.7. The number of hydrogen-bond donors (Lipinski definition) is 1. The maximum atomic E-state index is 3.38. The highest BCUT2D eigenvalue weighted by Crippen LogP contribution is 2.60. The monoisotopic (exact) mass is 209 g/mol. The minimum absolute atomic E-state index is 0.224. The second-order valence-electron chi connectivity index (χ2n) is 4.91. The van der Waals surface area contributed by atoms with E-state index in [2.05, 4.69) is 23.3 Å². The smallest absolute Gasteiger partial charge is 0.0232 e. The molecular formula is C12H19NS. The van der Waals surface area contributed by atoms with Crippen LogP contribution in [-0.4, -0.2) is 22.2 Å². The van der Waals surface area contributed by atoms with E-state index < -0.39 is 0 Å². The topological polar surface area (TPSA) is 15.8 Å². The molecular weight excluding hydrogens is 190 g/mol. The van der Waals surface area contributed by atoms with Gasteiger partial charge in [0, 0.05) is 17.6 Å². The van der Waals surface area contributed by atoms with Crippen molar-refractivity contribution in [1.29, 1.82) is 0 Å². The number of rotatable bonds is 2. The number of fused-ring (bicyclic) bond motifs is 3. The van der Waals surface area contributed by atoms with E-state index in [0.717, 1.165) is 5.92 Å². The van der Waals surface area contributed by atoms with Crippen LogP contribution >= 0.6 is 10.0 Å². The first-order valence-electron chi connectivity index (χ1n) is 5.73. The van der Waals surface area contributed by atoms with Gasteiger partial charge in [-0.15, -0.1) is 0 Å². The molecule has 2 bridgehead atoms. The second kappa shape index (κ2) is 3.34. The van der Waals surface area contributed by atoms with Crippen LogP contribution in [0.1, 0.15) is 25.0 Å². The Morgan fingerprint density at radius 2 is 1.93 bits per heavy atom. The maximum Gasteiger partial charge on any atom is 0.0232 e. The second-order valence-corrected chi connectivity index (χ2v) is 8.87. The highest BCUT2D eigenvalue weighted by atomic mass is 32.3. The summed E-state index contributed by atoms with van der Waals surface area (Å²) in [4.78, 5) is 3.38. The fraction of sp³-hybridized carbons (Fsp3) is 0.667. The lowest BCUT2D eigenvalue weighted by Gasteiger charge is -2.51. The molecule has 0 saturated carbocycles. The van der Waals surface area contributed by atoms with E-state index in [1.54, 1.807) is 17.3 Å². The summed E-state index contributed by atoms with van der Waals surface area (Å²) in [6.07, 6.45) is 6.68. The molecule has 0 radical (unpaired) electrons. The van der Waals surface area contributed by atoms with Crippen molar-refractivity contribution in [2.45, 2.75) is 25.0 Å². The molecule has 3 aliphatic rings. The summed E-state index contributed by atoms with van der Waals surface area (Å²) >= 11 is 0. The molecule has 4 rings (SSSR count). The summed E-state index contributed by atoms with van der Waals surface area (Å²) in [7, 11) is -0.224. The van der Waals surface area contributed by atoms with Gasteiger partial charge in [-0.3, -0.25) is 0 Å². The van der Waals surface area contributed by atoms with Crippen LogP contribution in [0, 0.1) is 5.92 Å². The van der Waals surface area contributed by atoms with Crippen LogP contribution in [0.5, 0.6) is 0 Å². The lowest BCUT2D eigenvalue weighted by atomic mass is 9.99. The van der Waals surface area contributed by atoms with Crippen LogP contribution in [0.2, 0.25) is 0 Å². The van der Waals surface area contributed by atoms with Crippen molar-refractivity contribution < 1.29 is 0 Å². The molecule has 0 spiro atoms. The first-order valence-corrected chi connectivity index (χ1v) is 8.04. The van der Waals surface area contributed by atoms with E-state index >= 15 is 0 Å². The lowest BCUT2D eigenvalue weighted by Crippen LogP contribution is -2.32. The van der Waals surface area contributed by atoms with Crippen molar-refractivity contribution in [2.24, 2.45) is 5.92 Å². The van der Waals surface area contributed by atoms with Crippen LogP contribution < -0.4 is 0 Å². The Kier molecular flexibility index (Phi) is 2.12. The fourth-order valence-electron chi connectivity index (χ4n) is 2.99. The summed E-state index contributed by atoms with van der Waals surface area (Å²) in [6.45, 7) is 0. The molecule has 3 fully saturated rings. The molecule has 3 aliphatic heterocycles. The number of aromatic nitrogens is 1. The molecule has 1 N–H and O–H groups in total. The summed E-state index contributed by atoms with van der Waals surface area (Å²) in [6, 6.07) is 4.41. The number of hydrogen-bond acceptors (Lipinski definition) is 0. The van der Waals surface area contributed by atoms with E-state index in [-0.39, 0.29) is 10.0 Å². The fourth-order valence-corrected chi connectivity index (χ4v) is 7.38. The zero-order valence-corrected chi connectivity index (χ0v) is 9.48. The SMILES string of the molecule is c1c[nH]c(CS23CCC(CC2)CC3)c1. The van der Waals surface area contributed by atoms with Crippen LogP contribution in [0.4, 0.5) is 0 Å². The third kappa shape index (κ3) is 1.50. The predicted octanol–water partition coefficient (Wildman–Crippen LogP) is 3.13. The largest absolute Gasteiger partial charge is 0.364 e. The Bertz CT molecular complexity index is 282. The van der Waals surface area contributed by atoms with Crippen molar-refractivity contribution in [3.05, 3.63) is 24.0 Å². The van der Waals surface area contributed by atoms with E-state index in [1.807, 2.05) is 0 Å². The Balaban J connectivity index is 1.76. The molecule has 0 unspecified atom stereocenters. The van der Waals surface area contributed by atoms with Crippen LogP contribution in [-0.2, 0) is 5.75 Å². The molecule has 0 atom stereocenters. The van der Waals surface area contributed by atoms with Crippen molar-refractivity contribution in [3.8, 4) is 0 Å². The molecule has 1 nitrogen and oxygen atoms in total. The van der Waals surface area contributed by atoms with E-state index in [4.69, 9.17) is 0 Å². The molecule has 14 heavy (non-hydrogen) atoms. The number of nitrogens with one attached hydrogen (secondary N) is 1. The van der Waals surface area contributed by atoms with Gasteiger partial charge in [0.2, 0.25) is 0 Å². The van der Waals surface area contributed by atoms with Gasteiger partial charge in [0.15, 0.2) is 0 Å². The van der Waals surface area contributed by atoms with Crippen molar-refractivity contribution in [2.75, 3.05) is 17.3 Å². The minimum atomic E-state index is -0.224. The Hall–Kier alpha value is -0.370. The average molecular weight is 209 g/mol. The third-order valence-corrected chi connectivity index (χ3v) is 8.23. The standard InChI is InChI=1S/C12H19NS/c1-2-12(13-6-1)10-14-7-3-11(4-8-14)5-9-14/h1-2,6,11,13H,3-5,7-10H2. The van der Waals surface area contributed by atoms with Crippen molar-refractivity contribution in [1.82, 2.24) is 4.98 Å². The van der Waals surface area contributed by atoms with Gasteiger partial charge < -0.3 is 4.98 Å². The first kappa shape index (κ1) is 8.90. The molecule has 1 aromatic rings. The van der Waals surface area contributed by atoms with Gasteiger partial charge >= 0.3 is 0 Å². The van der Waals surface area contributed by atoms with E-state index in [0.29, 0.717) is 0 Å². The summed E-state index contributed by atoms with van der Waals surface area (Å²) in [5, 5.41) is 0. The van der Waals surface area contributed by atoms with Crippen molar-refractivity contribution >= 4 is 10.0 Å².